The summed E-state index contributed by atoms with van der Waals surface area (Å²) >= 11 is 0. The second kappa shape index (κ2) is 5.61. The Kier molecular flexibility index (Phi) is 5.18. The number of carbonyl (C=O) groups is 1. The molecule has 0 aliphatic heterocycles. The van der Waals surface area contributed by atoms with Gasteiger partial charge in [0.25, 0.3) is 0 Å². The van der Waals surface area contributed by atoms with Crippen LogP contribution in [0.2, 0.25) is 0 Å². The Morgan fingerprint density at radius 3 is 2.38 bits per heavy atom. The highest BCUT2D eigenvalue weighted by Gasteiger charge is 2.10. The van der Waals surface area contributed by atoms with Crippen molar-refractivity contribution in [2.75, 3.05) is 0 Å². The minimum absolute atomic E-state index is 0. The summed E-state index contributed by atoms with van der Waals surface area (Å²) in [4.78, 5) is 10.4. The largest absolute Gasteiger partial charge is 0.480 e. The van der Waals surface area contributed by atoms with Crippen LogP contribution in [0.3, 0.4) is 0 Å². The first-order chi connectivity index (χ1) is 5.70. The fourth-order valence-electron chi connectivity index (χ4n) is 0.955. The normalized spacial score (nSPS) is 11.5. The second-order valence-corrected chi connectivity index (χ2v) is 2.63. The smallest absolute Gasteiger partial charge is 0.320 e. The maximum absolute atomic E-state index is 10.4. The second-order valence-electron chi connectivity index (χ2n) is 2.63. The number of rotatable bonds is 3. The van der Waals surface area contributed by atoms with Gasteiger partial charge in [0.15, 0.2) is 0 Å². The molecule has 3 N–H and O–H groups in total. The summed E-state index contributed by atoms with van der Waals surface area (Å²) in [5.74, 6) is -0.959. The van der Waals surface area contributed by atoms with Crippen molar-refractivity contribution >= 4 is 19.5 Å². The van der Waals surface area contributed by atoms with Crippen molar-refractivity contribution in [1.29, 1.82) is 0 Å². The van der Waals surface area contributed by atoms with Crippen molar-refractivity contribution in [3.63, 3.8) is 0 Å². The molecule has 0 spiro atoms. The Hall–Kier alpha value is -1.00. The molecule has 0 aliphatic carbocycles. The van der Waals surface area contributed by atoms with Crippen molar-refractivity contribution in [2.45, 2.75) is 12.5 Å². The van der Waals surface area contributed by atoms with Crippen LogP contribution in [-0.4, -0.2) is 17.1 Å². The highest BCUT2D eigenvalue weighted by Crippen LogP contribution is 2.01. The summed E-state index contributed by atoms with van der Waals surface area (Å²) in [5, 5.41) is 8.52. The quantitative estimate of drug-likeness (QED) is 0.755. The molecule has 4 heteroatoms. The van der Waals surface area contributed by atoms with E-state index in [0.29, 0.717) is 6.42 Å². The van der Waals surface area contributed by atoms with Gasteiger partial charge in [0.2, 0.25) is 0 Å². The van der Waals surface area contributed by atoms with Gasteiger partial charge < -0.3 is 10.8 Å². The van der Waals surface area contributed by atoms with Gasteiger partial charge in [0, 0.05) is 0 Å². The van der Waals surface area contributed by atoms with Crippen LogP contribution in [0, 0.1) is 0 Å². The monoisotopic (exact) mass is 199 g/mol. The Balaban J connectivity index is 0.00000144. The Morgan fingerprint density at radius 2 is 1.92 bits per heavy atom. The van der Waals surface area contributed by atoms with Crippen molar-refractivity contribution < 1.29 is 9.90 Å². The molecule has 0 bridgehead atoms. The van der Waals surface area contributed by atoms with E-state index in [9.17, 15) is 4.79 Å². The van der Waals surface area contributed by atoms with Gasteiger partial charge in [-0.1, -0.05) is 30.3 Å². The molecule has 0 radical (unpaired) electrons. The molecule has 0 amide bonds. The molecule has 0 fully saturated rings. The molecule has 0 aliphatic rings. The number of carboxylic acid groups (broad SMARTS) is 1. The highest BCUT2D eigenvalue weighted by molar-refractivity contribution is 7.59. The molecular weight excluding hydrogens is 186 g/mol. The summed E-state index contributed by atoms with van der Waals surface area (Å²) in [5.41, 5.74) is 6.30. The first kappa shape index (κ1) is 12.0. The molecular formula is C9H13NO2S. The molecule has 0 saturated carbocycles. The minimum Gasteiger partial charge on any atom is -0.480 e. The first-order valence-corrected chi connectivity index (χ1v) is 3.72. The third kappa shape index (κ3) is 3.96. The maximum atomic E-state index is 10.4. The minimum atomic E-state index is -0.959. The Morgan fingerprint density at radius 1 is 1.38 bits per heavy atom. The number of aliphatic carboxylic acids is 1. The molecule has 72 valence electrons. The van der Waals surface area contributed by atoms with Gasteiger partial charge >= 0.3 is 5.97 Å². The number of hydrogen-bond acceptors (Lipinski definition) is 2. The van der Waals surface area contributed by atoms with E-state index in [0.717, 1.165) is 5.56 Å². The van der Waals surface area contributed by atoms with Crippen LogP contribution in [-0.2, 0) is 11.2 Å². The van der Waals surface area contributed by atoms with Crippen LogP contribution in [0.4, 0.5) is 0 Å². The van der Waals surface area contributed by atoms with Crippen molar-refractivity contribution in [3.8, 4) is 0 Å². The summed E-state index contributed by atoms with van der Waals surface area (Å²) in [6.07, 6.45) is 0.385. The van der Waals surface area contributed by atoms with E-state index < -0.39 is 12.0 Å². The zero-order chi connectivity index (χ0) is 8.97. The lowest BCUT2D eigenvalue weighted by Crippen LogP contribution is -2.32. The summed E-state index contributed by atoms with van der Waals surface area (Å²) in [7, 11) is 0. The molecule has 13 heavy (non-hydrogen) atoms. The predicted octanol–water partition coefficient (Wildman–Crippen LogP) is 0.754. The van der Waals surface area contributed by atoms with Crippen molar-refractivity contribution in [2.24, 2.45) is 5.73 Å². The third-order valence-electron chi connectivity index (χ3n) is 1.62. The van der Waals surface area contributed by atoms with Gasteiger partial charge in [-0.25, -0.2) is 0 Å². The van der Waals surface area contributed by atoms with Gasteiger partial charge in [-0.3, -0.25) is 4.79 Å². The Labute approximate surface area is 84.0 Å². The van der Waals surface area contributed by atoms with Crippen LogP contribution >= 0.6 is 13.5 Å². The summed E-state index contributed by atoms with van der Waals surface area (Å²) < 4.78 is 0. The average Bonchev–Trinajstić information content (AvgIpc) is 2.06. The standard InChI is InChI=1S/C9H11NO2.H2S/c10-8(9(11)12)6-7-4-2-1-3-5-7;/h1-5,8H,6,10H2,(H,11,12);1H2/t8-;/m1./s1. The van der Waals surface area contributed by atoms with E-state index in [-0.39, 0.29) is 13.5 Å². The van der Waals surface area contributed by atoms with Crippen molar-refractivity contribution in [1.82, 2.24) is 0 Å². The lowest BCUT2D eigenvalue weighted by atomic mass is 10.1. The van der Waals surface area contributed by atoms with Gasteiger partial charge in [-0.15, -0.1) is 0 Å². The van der Waals surface area contributed by atoms with Crippen LogP contribution in [0.15, 0.2) is 30.3 Å². The molecule has 0 aromatic heterocycles. The van der Waals surface area contributed by atoms with E-state index in [1.54, 1.807) is 0 Å². The van der Waals surface area contributed by atoms with Gasteiger partial charge in [0.1, 0.15) is 6.04 Å². The Bertz CT molecular complexity index is 264. The summed E-state index contributed by atoms with van der Waals surface area (Å²) in [6.45, 7) is 0. The van der Waals surface area contributed by atoms with E-state index in [1.807, 2.05) is 30.3 Å². The molecule has 3 nitrogen and oxygen atoms in total. The fourth-order valence-corrected chi connectivity index (χ4v) is 0.955. The zero-order valence-electron chi connectivity index (χ0n) is 7.10. The number of benzene rings is 1. The van der Waals surface area contributed by atoms with Gasteiger partial charge in [0.05, 0.1) is 0 Å². The van der Waals surface area contributed by atoms with Gasteiger partial charge in [-0.2, -0.15) is 13.5 Å². The van der Waals surface area contributed by atoms with Crippen LogP contribution in [0.1, 0.15) is 5.56 Å². The zero-order valence-corrected chi connectivity index (χ0v) is 8.10. The molecule has 1 rings (SSSR count). The van der Waals surface area contributed by atoms with E-state index in [4.69, 9.17) is 10.8 Å². The lowest BCUT2D eigenvalue weighted by molar-refractivity contribution is -0.138. The number of nitrogens with two attached hydrogens (primary N) is 1. The third-order valence-corrected chi connectivity index (χ3v) is 1.62. The van der Waals surface area contributed by atoms with Crippen molar-refractivity contribution in [3.05, 3.63) is 35.9 Å². The predicted molar refractivity (Wildman–Crippen MR) is 56.1 cm³/mol. The molecule has 0 saturated heterocycles. The van der Waals surface area contributed by atoms with E-state index in [1.165, 1.54) is 0 Å². The number of hydrogen-bond donors (Lipinski definition) is 2. The molecule has 0 unspecified atom stereocenters. The SMILES string of the molecule is N[C@H](Cc1ccccc1)C(=O)O.S. The fraction of sp³-hybridized carbons (Fsp3) is 0.222. The molecule has 1 atom stereocenters. The molecule has 1 aromatic carbocycles. The molecule has 1 aromatic rings. The topological polar surface area (TPSA) is 63.3 Å². The number of carboxylic acids is 1. The van der Waals surface area contributed by atoms with Crippen LogP contribution in [0.25, 0.3) is 0 Å². The first-order valence-electron chi connectivity index (χ1n) is 3.72. The maximum Gasteiger partial charge on any atom is 0.320 e. The van der Waals surface area contributed by atoms with E-state index >= 15 is 0 Å². The van der Waals surface area contributed by atoms with Crippen LogP contribution in [0.5, 0.6) is 0 Å². The summed E-state index contributed by atoms with van der Waals surface area (Å²) in [6, 6.07) is 8.54. The van der Waals surface area contributed by atoms with E-state index in [2.05, 4.69) is 0 Å². The molecule has 0 heterocycles. The highest BCUT2D eigenvalue weighted by atomic mass is 32.1. The van der Waals surface area contributed by atoms with Crippen LogP contribution < -0.4 is 5.73 Å². The van der Waals surface area contributed by atoms with Gasteiger partial charge in [-0.05, 0) is 12.0 Å². The average molecular weight is 199 g/mol. The lowest BCUT2D eigenvalue weighted by Gasteiger charge is -2.04.